The minimum Gasteiger partial charge on any atom is -0.456 e. The molecule has 4 heterocycles. The van der Waals surface area contributed by atoms with Crippen molar-refractivity contribution in [2.24, 2.45) is 0 Å². The highest BCUT2D eigenvalue weighted by atomic mass is 16.3. The van der Waals surface area contributed by atoms with Crippen LogP contribution in [-0.4, -0.2) is 6.71 Å². The number of para-hydroxylation sites is 5. The average Bonchev–Trinajstić information content (AvgIpc) is 1.59. The number of fused-ring (bicyclic) bond motifs is 14. The summed E-state index contributed by atoms with van der Waals surface area (Å²) >= 11 is 0. The van der Waals surface area contributed by atoms with E-state index >= 15 is 0 Å². The number of benzene rings is 13. The molecule has 0 unspecified atom stereocenters. The lowest BCUT2D eigenvalue weighted by Gasteiger charge is -2.44. The second kappa shape index (κ2) is 19.9. The highest BCUT2D eigenvalue weighted by Gasteiger charge is 2.46. The van der Waals surface area contributed by atoms with E-state index in [4.69, 9.17) is 8.83 Å². The summed E-state index contributed by atoms with van der Waals surface area (Å²) in [5.74, 6) is 0. The maximum absolute atomic E-state index is 7.57. The van der Waals surface area contributed by atoms with Crippen LogP contribution >= 0.6 is 0 Å². The molecule has 2 aliphatic rings. The lowest BCUT2D eigenvalue weighted by molar-refractivity contribution is 0.590. The van der Waals surface area contributed by atoms with Crippen molar-refractivity contribution in [3.05, 3.63) is 284 Å². The maximum atomic E-state index is 7.57. The number of hydrogen-bond donors (Lipinski definition) is 0. The van der Waals surface area contributed by atoms with Crippen LogP contribution in [-0.2, 0) is 10.8 Å². The highest BCUT2D eigenvalue weighted by Crippen LogP contribution is 2.52. The van der Waals surface area contributed by atoms with Crippen molar-refractivity contribution in [3.63, 3.8) is 0 Å². The molecule has 89 heavy (non-hydrogen) atoms. The van der Waals surface area contributed by atoms with Crippen LogP contribution in [0.1, 0.15) is 52.7 Å². The van der Waals surface area contributed by atoms with E-state index in [1.54, 1.807) is 0 Å². The Bertz CT molecular complexity index is 5270. The van der Waals surface area contributed by atoms with E-state index in [9.17, 15) is 0 Å². The van der Waals surface area contributed by atoms with E-state index in [0.717, 1.165) is 118 Å². The Hall–Kier alpha value is -10.8. The third-order valence-corrected chi connectivity index (χ3v) is 18.7. The van der Waals surface area contributed by atoms with Crippen LogP contribution < -0.4 is 36.0 Å². The summed E-state index contributed by atoms with van der Waals surface area (Å²) in [6.07, 6.45) is 0. The molecule has 0 saturated heterocycles. The van der Waals surface area contributed by atoms with Gasteiger partial charge in [0.25, 0.3) is 6.71 Å². The van der Waals surface area contributed by atoms with Crippen molar-refractivity contribution >= 4 is 157 Å². The molecule has 426 valence electrons. The zero-order chi connectivity index (χ0) is 59.9. The number of anilines is 12. The molecule has 0 bridgehead atoms. The standard InChI is InChI=1S/C82H63BN4O2/c1-81(2,3)54-38-43-58(44-39-54)86-68-30-20-31-69-77(68)83(67-48-47-61(50-71(67)86)85(70-32-19-29-64-63-27-15-17-33-74(63)88-79(64)70)60-42-37-53-36-35-52-21-13-14-26-62(52)66(53)49-60)78-73(87(69)59-45-40-55(41-46-59)82(4,5)6)51-72(76-65-28-16-18-34-75(65)89-80(76)78)84(56-22-9-7-10-23-56)57-24-11-8-12-25-57/h7-51H,1-6H3. The number of furan rings is 2. The summed E-state index contributed by atoms with van der Waals surface area (Å²) in [7, 11) is 0. The number of hydrogen-bond acceptors (Lipinski definition) is 6. The lowest BCUT2D eigenvalue weighted by atomic mass is 9.33. The van der Waals surface area contributed by atoms with Gasteiger partial charge in [-0.1, -0.05) is 205 Å². The molecule has 6 nitrogen and oxygen atoms in total. The third kappa shape index (κ3) is 8.32. The van der Waals surface area contributed by atoms with Gasteiger partial charge >= 0.3 is 0 Å². The third-order valence-electron chi connectivity index (χ3n) is 18.7. The summed E-state index contributed by atoms with van der Waals surface area (Å²) in [5, 5.41) is 9.05. The van der Waals surface area contributed by atoms with Crippen LogP contribution in [0.5, 0.6) is 0 Å². The van der Waals surface area contributed by atoms with E-state index in [0.29, 0.717) is 0 Å². The monoisotopic (exact) mass is 1150 g/mol. The van der Waals surface area contributed by atoms with Crippen LogP contribution in [0.4, 0.5) is 68.2 Å². The van der Waals surface area contributed by atoms with Crippen molar-refractivity contribution in [3.8, 4) is 0 Å². The molecule has 13 aromatic carbocycles. The molecule has 0 fully saturated rings. The van der Waals surface area contributed by atoms with E-state index in [2.05, 4.69) is 334 Å². The molecule has 0 atom stereocenters. The van der Waals surface area contributed by atoms with Crippen LogP contribution in [0, 0.1) is 0 Å². The van der Waals surface area contributed by atoms with E-state index in [1.165, 1.54) is 43.6 Å². The molecule has 7 heteroatoms. The first-order valence-electron chi connectivity index (χ1n) is 31.0. The highest BCUT2D eigenvalue weighted by molar-refractivity contribution is 7.01. The molecule has 2 aromatic heterocycles. The minimum absolute atomic E-state index is 0.0444. The predicted molar refractivity (Wildman–Crippen MR) is 377 cm³/mol. The Morgan fingerprint density at radius 3 is 1.47 bits per heavy atom. The molecular formula is C82H63BN4O2. The first-order valence-corrected chi connectivity index (χ1v) is 31.0. The van der Waals surface area contributed by atoms with Crippen molar-refractivity contribution in [2.75, 3.05) is 19.6 Å². The Kier molecular flexibility index (Phi) is 11.7. The SMILES string of the molecule is CC(C)(C)c1ccc(N2c3cc(N(c4ccc5ccc6ccccc6c5c4)c4cccc5c4oc4ccccc45)ccc3B3c4c2cccc4N(c2ccc(C(C)(C)C)cc2)c2cc(N(c4ccccc4)c4ccccc4)c4c(oc5ccccc54)c23)cc1. The fourth-order valence-corrected chi connectivity index (χ4v) is 14.4. The molecule has 17 rings (SSSR count). The summed E-state index contributed by atoms with van der Waals surface area (Å²) < 4.78 is 14.6. The summed E-state index contributed by atoms with van der Waals surface area (Å²) in [4.78, 5) is 9.87. The molecule has 0 N–H and O–H groups in total. The quantitative estimate of drug-likeness (QED) is 0.112. The van der Waals surface area contributed by atoms with Crippen molar-refractivity contribution < 1.29 is 8.83 Å². The van der Waals surface area contributed by atoms with Crippen molar-refractivity contribution in [2.45, 2.75) is 52.4 Å². The summed E-state index contributed by atoms with van der Waals surface area (Å²) in [5.41, 5.74) is 21.9. The predicted octanol–water partition coefficient (Wildman–Crippen LogP) is 21.4. The van der Waals surface area contributed by atoms with Crippen LogP contribution in [0.25, 0.3) is 65.4 Å². The summed E-state index contributed by atoms with van der Waals surface area (Å²) in [6.45, 7) is 13.5. The van der Waals surface area contributed by atoms with Gasteiger partial charge in [0.1, 0.15) is 16.7 Å². The maximum Gasteiger partial charge on any atom is 0.257 e. The Morgan fingerprint density at radius 2 is 0.820 bits per heavy atom. The Labute approximate surface area is 518 Å². The lowest BCUT2D eigenvalue weighted by Crippen LogP contribution is -2.61. The van der Waals surface area contributed by atoms with Gasteiger partial charge in [0.2, 0.25) is 0 Å². The van der Waals surface area contributed by atoms with Gasteiger partial charge in [0, 0.05) is 73.0 Å². The van der Waals surface area contributed by atoms with Crippen LogP contribution in [0.15, 0.2) is 282 Å². The molecule has 0 radical (unpaired) electrons. The van der Waals surface area contributed by atoms with E-state index < -0.39 is 0 Å². The zero-order valence-corrected chi connectivity index (χ0v) is 50.7. The molecule has 0 amide bonds. The fraction of sp³-hybridized carbons (Fsp3) is 0.0976. The number of nitrogens with zero attached hydrogens (tertiary/aromatic N) is 4. The Morgan fingerprint density at radius 1 is 0.326 bits per heavy atom. The number of rotatable bonds is 8. The Balaban J connectivity index is 0.981. The molecule has 0 saturated carbocycles. The topological polar surface area (TPSA) is 39.2 Å². The van der Waals surface area contributed by atoms with Gasteiger partial charge in [0.05, 0.1) is 16.8 Å². The largest absolute Gasteiger partial charge is 0.456 e. The van der Waals surface area contributed by atoms with Crippen molar-refractivity contribution in [1.29, 1.82) is 0 Å². The normalized spacial score (nSPS) is 13.0. The van der Waals surface area contributed by atoms with E-state index in [-0.39, 0.29) is 17.5 Å². The first-order chi connectivity index (χ1) is 43.4. The molecule has 2 aliphatic heterocycles. The zero-order valence-electron chi connectivity index (χ0n) is 50.7. The molecule has 0 spiro atoms. The summed E-state index contributed by atoms with van der Waals surface area (Å²) in [6, 6.07) is 100. The average molecular weight is 1150 g/mol. The van der Waals surface area contributed by atoms with Gasteiger partial charge in [-0.05, 0) is 169 Å². The van der Waals surface area contributed by atoms with Gasteiger partial charge < -0.3 is 28.4 Å². The minimum atomic E-state index is -0.284. The van der Waals surface area contributed by atoms with Gasteiger partial charge in [-0.2, -0.15) is 0 Å². The van der Waals surface area contributed by atoms with Gasteiger partial charge in [-0.15, -0.1) is 0 Å². The molecule has 15 aromatic rings. The van der Waals surface area contributed by atoms with Crippen LogP contribution in [0.3, 0.4) is 0 Å². The van der Waals surface area contributed by atoms with Crippen molar-refractivity contribution in [1.82, 2.24) is 0 Å². The van der Waals surface area contributed by atoms with E-state index in [1.807, 2.05) is 0 Å². The van der Waals surface area contributed by atoms with Gasteiger partial charge in [-0.3, -0.25) is 0 Å². The first kappa shape index (κ1) is 52.6. The van der Waals surface area contributed by atoms with Crippen LogP contribution in [0.2, 0.25) is 0 Å². The fourth-order valence-electron chi connectivity index (χ4n) is 14.4. The second-order valence-electron chi connectivity index (χ2n) is 26.1. The molecule has 0 aliphatic carbocycles. The van der Waals surface area contributed by atoms with Gasteiger partial charge in [-0.25, -0.2) is 0 Å². The smallest absolute Gasteiger partial charge is 0.257 e. The van der Waals surface area contributed by atoms with Gasteiger partial charge in [0.15, 0.2) is 5.58 Å². The second-order valence-corrected chi connectivity index (χ2v) is 26.1. The molecular weight excluding hydrogens is 1080 g/mol.